The van der Waals surface area contributed by atoms with Crippen molar-refractivity contribution in [1.82, 2.24) is 20.1 Å². The Balaban J connectivity index is 1.91. The lowest BCUT2D eigenvalue weighted by molar-refractivity contribution is -0.124. The van der Waals surface area contributed by atoms with Gasteiger partial charge < -0.3 is 5.32 Å². The van der Waals surface area contributed by atoms with Gasteiger partial charge in [-0.15, -0.1) is 10.2 Å². The Bertz CT molecular complexity index is 1020. The molecular formula is C21H22Cl2N4OS. The Morgan fingerprint density at radius 1 is 1.17 bits per heavy atom. The quantitative estimate of drug-likeness (QED) is 0.488. The summed E-state index contributed by atoms with van der Waals surface area (Å²) in [5, 5.41) is 13.3. The van der Waals surface area contributed by atoms with E-state index in [1.807, 2.05) is 30.5 Å². The Hall–Kier alpha value is -2.02. The van der Waals surface area contributed by atoms with Crippen LogP contribution in [0.25, 0.3) is 5.69 Å². The zero-order valence-electron chi connectivity index (χ0n) is 16.4. The van der Waals surface area contributed by atoms with Crippen LogP contribution in [0.1, 0.15) is 30.8 Å². The van der Waals surface area contributed by atoms with Crippen LogP contribution in [0.3, 0.4) is 0 Å². The van der Waals surface area contributed by atoms with Crippen LogP contribution in [0.4, 0.5) is 0 Å². The van der Waals surface area contributed by atoms with Crippen LogP contribution in [0.5, 0.6) is 0 Å². The molecule has 3 rings (SSSR count). The van der Waals surface area contributed by atoms with Gasteiger partial charge in [0.15, 0.2) is 11.0 Å². The molecule has 2 aromatic carbocycles. The number of carbonyl (C=O) groups excluding carboxylic acids is 1. The molecule has 0 aliphatic heterocycles. The normalized spacial score (nSPS) is 11.1. The molecule has 1 aromatic heterocycles. The highest BCUT2D eigenvalue weighted by atomic mass is 35.5. The molecule has 1 amide bonds. The fourth-order valence-electron chi connectivity index (χ4n) is 2.73. The van der Waals surface area contributed by atoms with E-state index < -0.39 is 0 Å². The third kappa shape index (κ3) is 5.53. The molecule has 0 saturated heterocycles. The van der Waals surface area contributed by atoms with Crippen LogP contribution in [-0.2, 0) is 17.1 Å². The molecule has 3 aromatic rings. The van der Waals surface area contributed by atoms with E-state index in [2.05, 4.69) is 40.6 Å². The van der Waals surface area contributed by atoms with Crippen molar-refractivity contribution in [3.05, 3.63) is 69.5 Å². The summed E-state index contributed by atoms with van der Waals surface area (Å²) in [5.74, 6) is 1.19. The highest BCUT2D eigenvalue weighted by molar-refractivity contribution is 7.98. The number of hydrogen-bond donors (Lipinski definition) is 1. The second kappa shape index (κ2) is 9.65. The highest BCUT2D eigenvalue weighted by Crippen LogP contribution is 2.30. The molecule has 0 fully saturated rings. The van der Waals surface area contributed by atoms with Crippen LogP contribution in [0.15, 0.2) is 47.6 Å². The Labute approximate surface area is 184 Å². The monoisotopic (exact) mass is 448 g/mol. The van der Waals surface area contributed by atoms with E-state index in [4.69, 9.17) is 23.2 Å². The maximum absolute atomic E-state index is 12.0. The number of thioether (sulfide) groups is 1. The van der Waals surface area contributed by atoms with E-state index in [-0.39, 0.29) is 18.4 Å². The number of aryl methyl sites for hydroxylation is 1. The van der Waals surface area contributed by atoms with Crippen molar-refractivity contribution in [2.45, 2.75) is 38.2 Å². The molecule has 1 N–H and O–H groups in total. The number of nitrogens with zero attached hydrogens (tertiary/aromatic N) is 3. The molecule has 0 atom stereocenters. The highest BCUT2D eigenvalue weighted by Gasteiger charge is 2.18. The first-order valence-electron chi connectivity index (χ1n) is 9.21. The minimum Gasteiger partial charge on any atom is -0.349 e. The van der Waals surface area contributed by atoms with Gasteiger partial charge >= 0.3 is 0 Å². The van der Waals surface area contributed by atoms with Gasteiger partial charge in [0.2, 0.25) is 5.91 Å². The fraction of sp³-hybridized carbons (Fsp3) is 0.286. The van der Waals surface area contributed by atoms with E-state index in [0.29, 0.717) is 21.0 Å². The van der Waals surface area contributed by atoms with Gasteiger partial charge in [0.25, 0.3) is 0 Å². The van der Waals surface area contributed by atoms with Crippen molar-refractivity contribution in [3.63, 3.8) is 0 Å². The molecule has 0 aliphatic carbocycles. The standard InChI is InChI=1S/C21H22Cl2N4OS/c1-13(2)20(28)24-11-19-25-26-21(29-12-15-6-4-5-14(3)9-15)27(19)18-8-7-16(22)10-17(18)23/h4-10,13H,11-12H2,1-3H3,(H,24,28). The largest absolute Gasteiger partial charge is 0.349 e. The molecule has 5 nitrogen and oxygen atoms in total. The van der Waals surface area contributed by atoms with Crippen LogP contribution in [-0.4, -0.2) is 20.7 Å². The number of nitrogens with one attached hydrogen (secondary N) is 1. The van der Waals surface area contributed by atoms with Crippen molar-refractivity contribution in [3.8, 4) is 5.69 Å². The first kappa shape index (κ1) is 21.7. The molecule has 0 unspecified atom stereocenters. The number of rotatable bonds is 7. The summed E-state index contributed by atoms with van der Waals surface area (Å²) in [6.45, 7) is 6.02. The minimum atomic E-state index is -0.111. The summed E-state index contributed by atoms with van der Waals surface area (Å²) in [6, 6.07) is 13.6. The molecule has 0 saturated carbocycles. The SMILES string of the molecule is Cc1cccc(CSc2nnc(CNC(=O)C(C)C)n2-c2ccc(Cl)cc2Cl)c1. The lowest BCUT2D eigenvalue weighted by Crippen LogP contribution is -2.28. The van der Waals surface area contributed by atoms with Crippen molar-refractivity contribution in [2.24, 2.45) is 5.92 Å². The van der Waals surface area contributed by atoms with Gasteiger partial charge in [-0.05, 0) is 30.7 Å². The number of carbonyl (C=O) groups is 1. The van der Waals surface area contributed by atoms with Gasteiger partial charge in [-0.3, -0.25) is 9.36 Å². The van der Waals surface area contributed by atoms with Crippen molar-refractivity contribution in [2.75, 3.05) is 0 Å². The molecule has 29 heavy (non-hydrogen) atoms. The Kier molecular flexibility index (Phi) is 7.22. The fourth-order valence-corrected chi connectivity index (χ4v) is 4.13. The molecule has 8 heteroatoms. The average Bonchev–Trinajstić information content (AvgIpc) is 3.07. The van der Waals surface area contributed by atoms with Gasteiger partial charge in [0.1, 0.15) is 0 Å². The Morgan fingerprint density at radius 2 is 1.97 bits per heavy atom. The first-order chi connectivity index (χ1) is 13.8. The number of amides is 1. The van der Waals surface area contributed by atoms with Gasteiger partial charge in [0.05, 0.1) is 17.3 Å². The summed E-state index contributed by atoms with van der Waals surface area (Å²) in [6.07, 6.45) is 0. The van der Waals surface area contributed by atoms with E-state index >= 15 is 0 Å². The maximum Gasteiger partial charge on any atom is 0.222 e. The lowest BCUT2D eigenvalue weighted by atomic mass is 10.2. The average molecular weight is 449 g/mol. The van der Waals surface area contributed by atoms with Gasteiger partial charge in [-0.1, -0.05) is 78.6 Å². The van der Waals surface area contributed by atoms with Crippen molar-refractivity contribution < 1.29 is 4.79 Å². The first-order valence-corrected chi connectivity index (χ1v) is 10.9. The summed E-state index contributed by atoms with van der Waals surface area (Å²) in [5.41, 5.74) is 3.13. The van der Waals surface area contributed by atoms with Crippen LogP contribution in [0.2, 0.25) is 10.0 Å². The molecule has 0 spiro atoms. The smallest absolute Gasteiger partial charge is 0.222 e. The molecule has 0 bridgehead atoms. The van der Waals surface area contributed by atoms with Gasteiger partial charge in [0, 0.05) is 16.7 Å². The zero-order chi connectivity index (χ0) is 21.0. The van der Waals surface area contributed by atoms with Crippen molar-refractivity contribution >= 4 is 40.9 Å². The summed E-state index contributed by atoms with van der Waals surface area (Å²) < 4.78 is 1.87. The Morgan fingerprint density at radius 3 is 2.66 bits per heavy atom. The number of benzene rings is 2. The zero-order valence-corrected chi connectivity index (χ0v) is 18.8. The van der Waals surface area contributed by atoms with E-state index in [9.17, 15) is 4.79 Å². The predicted molar refractivity (Wildman–Crippen MR) is 119 cm³/mol. The predicted octanol–water partition coefficient (Wildman–Crippen LogP) is 5.45. The van der Waals surface area contributed by atoms with E-state index in [1.165, 1.54) is 11.1 Å². The lowest BCUT2D eigenvalue weighted by Gasteiger charge is -2.13. The number of hydrogen-bond acceptors (Lipinski definition) is 4. The molecule has 0 aliphatic rings. The summed E-state index contributed by atoms with van der Waals surface area (Å²) >= 11 is 14.1. The van der Waals surface area contributed by atoms with E-state index in [1.54, 1.807) is 23.9 Å². The van der Waals surface area contributed by atoms with Crippen molar-refractivity contribution in [1.29, 1.82) is 0 Å². The topological polar surface area (TPSA) is 59.8 Å². The molecule has 1 heterocycles. The van der Waals surface area contributed by atoms with Crippen LogP contribution < -0.4 is 5.32 Å². The third-order valence-corrected chi connectivity index (χ3v) is 5.78. The summed E-state index contributed by atoms with van der Waals surface area (Å²) in [4.78, 5) is 12.0. The number of halogens is 2. The molecule has 0 radical (unpaired) electrons. The maximum atomic E-state index is 12.0. The van der Waals surface area contributed by atoms with Crippen LogP contribution >= 0.6 is 35.0 Å². The minimum absolute atomic E-state index is 0.0456. The van der Waals surface area contributed by atoms with Gasteiger partial charge in [-0.2, -0.15) is 0 Å². The second-order valence-electron chi connectivity index (χ2n) is 6.98. The molecule has 152 valence electrons. The van der Waals surface area contributed by atoms with Gasteiger partial charge in [-0.25, -0.2) is 0 Å². The number of aromatic nitrogens is 3. The molecular weight excluding hydrogens is 427 g/mol. The summed E-state index contributed by atoms with van der Waals surface area (Å²) in [7, 11) is 0. The van der Waals surface area contributed by atoms with E-state index in [0.717, 1.165) is 11.4 Å². The van der Waals surface area contributed by atoms with Crippen LogP contribution in [0, 0.1) is 12.8 Å². The second-order valence-corrected chi connectivity index (χ2v) is 8.77. The third-order valence-electron chi connectivity index (χ3n) is 4.25.